The average molecular weight is 611 g/mol. The van der Waals surface area contributed by atoms with Crippen LogP contribution in [-0.4, -0.2) is 31.8 Å². The second-order valence-electron chi connectivity index (χ2n) is 8.74. The van der Waals surface area contributed by atoms with Crippen LogP contribution in [-0.2, 0) is 4.79 Å². The van der Waals surface area contributed by atoms with E-state index in [0.717, 1.165) is 10.0 Å². The lowest BCUT2D eigenvalue weighted by molar-refractivity contribution is -0.113. The topological polar surface area (TPSA) is 93.7 Å². The molecule has 0 unspecified atom stereocenters. The van der Waals surface area contributed by atoms with Crippen LogP contribution < -0.4 is 20.1 Å². The number of allylic oxidation sites excluding steroid dienone is 1. The Labute approximate surface area is 246 Å². The van der Waals surface area contributed by atoms with Crippen molar-refractivity contribution in [3.05, 3.63) is 136 Å². The molecule has 4 rings (SSSR count). The standard InChI is InChI=1S/C33H27BrN2O5/c1-40-30-13-7-11-25(31(30)41-2)21-28(36-32(38)24-9-4-3-5-10-24)33(39)35-27-17-15-23(16-18-27)29(37)19-14-22-8-6-12-26(34)20-22/h3-21H,1-2H3,(H,35,39)(H,36,38)/b19-14+,28-21-. The van der Waals surface area contributed by atoms with Crippen LogP contribution in [0.25, 0.3) is 12.2 Å². The van der Waals surface area contributed by atoms with Crippen molar-refractivity contribution < 1.29 is 23.9 Å². The van der Waals surface area contributed by atoms with E-state index in [2.05, 4.69) is 26.6 Å². The zero-order valence-electron chi connectivity index (χ0n) is 22.4. The summed E-state index contributed by atoms with van der Waals surface area (Å²) in [5.41, 5.74) is 2.71. The molecule has 0 heterocycles. The number of rotatable bonds is 10. The first-order chi connectivity index (χ1) is 19.9. The van der Waals surface area contributed by atoms with E-state index in [9.17, 15) is 14.4 Å². The van der Waals surface area contributed by atoms with Crippen LogP contribution in [0, 0.1) is 0 Å². The van der Waals surface area contributed by atoms with Gasteiger partial charge in [0, 0.05) is 26.9 Å². The third kappa shape index (κ3) is 7.80. The summed E-state index contributed by atoms with van der Waals surface area (Å²) in [7, 11) is 3.01. The van der Waals surface area contributed by atoms with Crippen LogP contribution in [0.4, 0.5) is 5.69 Å². The molecule has 0 saturated carbocycles. The molecule has 0 aliphatic carbocycles. The predicted molar refractivity (Wildman–Crippen MR) is 164 cm³/mol. The molecule has 4 aromatic rings. The van der Waals surface area contributed by atoms with E-state index >= 15 is 0 Å². The summed E-state index contributed by atoms with van der Waals surface area (Å²) in [5.74, 6) is -0.304. The monoisotopic (exact) mass is 610 g/mol. The van der Waals surface area contributed by atoms with Crippen molar-refractivity contribution >= 4 is 51.4 Å². The van der Waals surface area contributed by atoms with E-state index in [0.29, 0.717) is 33.9 Å². The summed E-state index contributed by atoms with van der Waals surface area (Å²) in [6.45, 7) is 0. The second-order valence-corrected chi connectivity index (χ2v) is 9.66. The fraction of sp³-hybridized carbons (Fsp3) is 0.0606. The number of ketones is 1. The van der Waals surface area contributed by atoms with Gasteiger partial charge < -0.3 is 20.1 Å². The molecule has 0 saturated heterocycles. The Balaban J connectivity index is 1.56. The number of halogens is 1. The summed E-state index contributed by atoms with van der Waals surface area (Å²) in [6, 6.07) is 27.9. The first-order valence-electron chi connectivity index (χ1n) is 12.6. The van der Waals surface area contributed by atoms with Gasteiger partial charge in [0.25, 0.3) is 11.8 Å². The van der Waals surface area contributed by atoms with E-state index < -0.39 is 11.8 Å². The van der Waals surface area contributed by atoms with Gasteiger partial charge in [-0.05, 0) is 72.3 Å². The number of para-hydroxylation sites is 1. The van der Waals surface area contributed by atoms with Crippen LogP contribution in [0.1, 0.15) is 31.8 Å². The van der Waals surface area contributed by atoms with Crippen LogP contribution in [0.5, 0.6) is 11.5 Å². The van der Waals surface area contributed by atoms with Gasteiger partial charge in [-0.2, -0.15) is 0 Å². The molecule has 2 amide bonds. The normalized spacial score (nSPS) is 11.1. The van der Waals surface area contributed by atoms with E-state index in [1.54, 1.807) is 78.9 Å². The number of amides is 2. The molecule has 41 heavy (non-hydrogen) atoms. The Hall–Kier alpha value is -4.95. The number of anilines is 1. The smallest absolute Gasteiger partial charge is 0.272 e. The number of benzene rings is 4. The van der Waals surface area contributed by atoms with Gasteiger partial charge >= 0.3 is 0 Å². The first kappa shape index (κ1) is 29.0. The summed E-state index contributed by atoms with van der Waals surface area (Å²) in [6.07, 6.45) is 4.75. The Bertz CT molecular complexity index is 1610. The van der Waals surface area contributed by atoms with Crippen molar-refractivity contribution in [2.75, 3.05) is 19.5 Å². The molecule has 7 nitrogen and oxygen atoms in total. The van der Waals surface area contributed by atoms with Crippen molar-refractivity contribution in [3.63, 3.8) is 0 Å². The molecule has 0 atom stereocenters. The Morgan fingerprint density at radius 3 is 2.20 bits per heavy atom. The van der Waals surface area contributed by atoms with Gasteiger partial charge in [-0.3, -0.25) is 14.4 Å². The van der Waals surface area contributed by atoms with Crippen LogP contribution in [0.2, 0.25) is 0 Å². The maximum Gasteiger partial charge on any atom is 0.272 e. The number of hydrogen-bond donors (Lipinski definition) is 2. The number of methoxy groups -OCH3 is 2. The van der Waals surface area contributed by atoms with Gasteiger partial charge in [0.1, 0.15) is 5.70 Å². The molecule has 0 radical (unpaired) electrons. The molecule has 0 spiro atoms. The summed E-state index contributed by atoms with van der Waals surface area (Å²) < 4.78 is 11.8. The van der Waals surface area contributed by atoms with Gasteiger partial charge in [-0.1, -0.05) is 64.5 Å². The lowest BCUT2D eigenvalue weighted by Crippen LogP contribution is -2.30. The SMILES string of the molecule is COc1cccc(/C=C(\NC(=O)c2ccccc2)C(=O)Nc2ccc(C(=O)/C=C/c3cccc(Br)c3)cc2)c1OC. The predicted octanol–water partition coefficient (Wildman–Crippen LogP) is 6.77. The highest BCUT2D eigenvalue weighted by Crippen LogP contribution is 2.32. The molecular formula is C33H27BrN2O5. The van der Waals surface area contributed by atoms with Gasteiger partial charge in [0.15, 0.2) is 17.3 Å². The maximum atomic E-state index is 13.4. The van der Waals surface area contributed by atoms with E-state index in [1.807, 2.05) is 24.3 Å². The minimum atomic E-state index is -0.562. The molecule has 4 aromatic carbocycles. The van der Waals surface area contributed by atoms with Gasteiger partial charge in [-0.15, -0.1) is 0 Å². The lowest BCUT2D eigenvalue weighted by atomic mass is 10.1. The van der Waals surface area contributed by atoms with E-state index in [-0.39, 0.29) is 11.5 Å². The average Bonchev–Trinajstić information content (AvgIpc) is 3.00. The lowest BCUT2D eigenvalue weighted by Gasteiger charge is -2.14. The Morgan fingerprint density at radius 2 is 1.51 bits per heavy atom. The molecule has 206 valence electrons. The zero-order valence-corrected chi connectivity index (χ0v) is 24.0. The number of ether oxygens (including phenoxy) is 2. The largest absolute Gasteiger partial charge is 0.493 e. The molecule has 0 aromatic heterocycles. The number of nitrogens with one attached hydrogen (secondary N) is 2. The second kappa shape index (κ2) is 13.9. The van der Waals surface area contributed by atoms with Gasteiger partial charge in [0.05, 0.1) is 14.2 Å². The Morgan fingerprint density at radius 1 is 0.780 bits per heavy atom. The summed E-state index contributed by atoms with van der Waals surface area (Å²) in [4.78, 5) is 39.0. The van der Waals surface area contributed by atoms with Crippen molar-refractivity contribution in [1.29, 1.82) is 0 Å². The van der Waals surface area contributed by atoms with E-state index in [4.69, 9.17) is 9.47 Å². The summed E-state index contributed by atoms with van der Waals surface area (Å²) >= 11 is 3.42. The minimum Gasteiger partial charge on any atom is -0.493 e. The molecule has 0 aliphatic heterocycles. The Kier molecular flexibility index (Phi) is 9.85. The van der Waals surface area contributed by atoms with Crippen LogP contribution in [0.15, 0.2) is 113 Å². The quantitative estimate of drug-likeness (QED) is 0.153. The van der Waals surface area contributed by atoms with Crippen LogP contribution >= 0.6 is 15.9 Å². The molecule has 8 heteroatoms. The van der Waals surface area contributed by atoms with Crippen molar-refractivity contribution in [3.8, 4) is 11.5 Å². The fourth-order valence-corrected chi connectivity index (χ4v) is 4.34. The van der Waals surface area contributed by atoms with Gasteiger partial charge in [-0.25, -0.2) is 0 Å². The summed E-state index contributed by atoms with van der Waals surface area (Å²) in [5, 5.41) is 5.49. The van der Waals surface area contributed by atoms with Crippen molar-refractivity contribution in [1.82, 2.24) is 5.32 Å². The molecule has 2 N–H and O–H groups in total. The molecular weight excluding hydrogens is 584 g/mol. The molecule has 0 aliphatic rings. The highest BCUT2D eigenvalue weighted by molar-refractivity contribution is 9.10. The fourth-order valence-electron chi connectivity index (χ4n) is 3.92. The third-order valence-corrected chi connectivity index (χ3v) is 6.46. The van der Waals surface area contributed by atoms with Crippen molar-refractivity contribution in [2.24, 2.45) is 0 Å². The molecule has 0 fully saturated rings. The highest BCUT2D eigenvalue weighted by atomic mass is 79.9. The van der Waals surface area contributed by atoms with Crippen LogP contribution in [0.3, 0.4) is 0 Å². The molecule has 0 bridgehead atoms. The minimum absolute atomic E-state index is 0.0116. The zero-order chi connectivity index (χ0) is 29.2. The van der Waals surface area contributed by atoms with Gasteiger partial charge in [0.2, 0.25) is 0 Å². The number of carbonyl (C=O) groups excluding carboxylic acids is 3. The van der Waals surface area contributed by atoms with Crippen molar-refractivity contribution in [2.45, 2.75) is 0 Å². The number of hydrogen-bond acceptors (Lipinski definition) is 5. The third-order valence-electron chi connectivity index (χ3n) is 5.97. The first-order valence-corrected chi connectivity index (χ1v) is 13.4. The highest BCUT2D eigenvalue weighted by Gasteiger charge is 2.17. The van der Waals surface area contributed by atoms with E-state index in [1.165, 1.54) is 26.4 Å². The maximum absolute atomic E-state index is 13.4. The number of carbonyl (C=O) groups is 3.